The Bertz CT molecular complexity index is 909. The maximum atomic E-state index is 13.3. The summed E-state index contributed by atoms with van der Waals surface area (Å²) in [7, 11) is 0. The molecule has 200 valence electrons. The molecule has 5 unspecified atom stereocenters. The Morgan fingerprint density at radius 2 is 1.78 bits per heavy atom. The van der Waals surface area contributed by atoms with E-state index in [4.69, 9.17) is 11.5 Å². The number of nitrogens with zero attached hydrogens (tertiary/aromatic N) is 1. The first-order valence-electron chi connectivity index (χ1n) is 12.1. The van der Waals surface area contributed by atoms with Crippen LogP contribution in [0.2, 0.25) is 0 Å². The highest BCUT2D eigenvalue weighted by atomic mass is 16.4. The molecule has 2 rings (SSSR count). The summed E-state index contributed by atoms with van der Waals surface area (Å²) in [4.78, 5) is 51.7. The Balaban J connectivity index is 2.20. The number of carboxylic acids is 1. The molecule has 0 aromatic heterocycles. The average molecular weight is 508 g/mol. The van der Waals surface area contributed by atoms with Gasteiger partial charge in [-0.15, -0.1) is 0 Å². The van der Waals surface area contributed by atoms with Gasteiger partial charge >= 0.3 is 5.97 Å². The summed E-state index contributed by atoms with van der Waals surface area (Å²) in [5.74, 6) is -3.13. The number of aliphatic hydroxyl groups is 1. The van der Waals surface area contributed by atoms with Crippen LogP contribution in [0.15, 0.2) is 24.3 Å². The van der Waals surface area contributed by atoms with Gasteiger partial charge in [-0.2, -0.15) is 0 Å². The molecule has 0 saturated carbocycles. The molecule has 3 amide bonds. The molecule has 1 aromatic carbocycles. The number of hydrogen-bond acceptors (Lipinski definition) is 8. The fourth-order valence-corrected chi connectivity index (χ4v) is 4.10. The average Bonchev–Trinajstić information content (AvgIpc) is 3.33. The second kappa shape index (κ2) is 13.8. The third-order valence-corrected chi connectivity index (χ3v) is 6.18. The van der Waals surface area contributed by atoms with E-state index in [1.54, 1.807) is 12.1 Å². The highest BCUT2D eigenvalue weighted by Gasteiger charge is 2.40. The van der Waals surface area contributed by atoms with Crippen LogP contribution in [0.25, 0.3) is 0 Å². The number of nitrogens with one attached hydrogen (secondary N) is 2. The van der Waals surface area contributed by atoms with Gasteiger partial charge in [-0.1, -0.05) is 18.6 Å². The molecule has 1 saturated heterocycles. The van der Waals surface area contributed by atoms with E-state index in [0.29, 0.717) is 37.8 Å². The van der Waals surface area contributed by atoms with Gasteiger partial charge in [0, 0.05) is 13.0 Å². The third-order valence-electron chi connectivity index (χ3n) is 6.18. The van der Waals surface area contributed by atoms with Crippen LogP contribution in [-0.4, -0.2) is 87.3 Å². The first-order valence-corrected chi connectivity index (χ1v) is 12.1. The van der Waals surface area contributed by atoms with Crippen molar-refractivity contribution in [2.75, 3.05) is 13.1 Å². The van der Waals surface area contributed by atoms with Gasteiger partial charge in [0.05, 0.1) is 12.1 Å². The van der Waals surface area contributed by atoms with Gasteiger partial charge in [-0.3, -0.25) is 14.4 Å². The monoisotopic (exact) mass is 507 g/mol. The van der Waals surface area contributed by atoms with Gasteiger partial charge in [0.25, 0.3) is 0 Å². The molecule has 0 spiro atoms. The van der Waals surface area contributed by atoms with Gasteiger partial charge in [-0.25, -0.2) is 4.79 Å². The standard InChI is InChI=1S/C24H37N5O7/c1-14(30)20(23(34)29-12-4-6-19(29)24(35)36)28-22(33)18(13-15-7-9-16(31)10-8-15)27-21(32)17(26)5-2-3-11-25/h7-10,14,17-20,30-31H,2-6,11-13,25-26H2,1H3,(H,27,32)(H,28,33)(H,35,36). The van der Waals surface area contributed by atoms with Gasteiger partial charge < -0.3 is 42.3 Å². The van der Waals surface area contributed by atoms with Crippen LogP contribution in [-0.2, 0) is 25.6 Å². The normalized spacial score (nSPS) is 18.7. The molecule has 1 aliphatic heterocycles. The van der Waals surface area contributed by atoms with Crippen molar-refractivity contribution < 1.29 is 34.5 Å². The minimum atomic E-state index is -1.41. The van der Waals surface area contributed by atoms with Crippen molar-refractivity contribution in [3.63, 3.8) is 0 Å². The number of aliphatic hydroxyl groups excluding tert-OH is 1. The summed E-state index contributed by atoms with van der Waals surface area (Å²) >= 11 is 0. The van der Waals surface area contributed by atoms with E-state index in [0.717, 1.165) is 4.90 Å². The third kappa shape index (κ3) is 8.18. The maximum absolute atomic E-state index is 13.3. The van der Waals surface area contributed by atoms with E-state index in [9.17, 15) is 34.5 Å². The molecular weight excluding hydrogens is 470 g/mol. The zero-order valence-electron chi connectivity index (χ0n) is 20.4. The predicted octanol–water partition coefficient (Wildman–Crippen LogP) is -1.18. The Labute approximate surface area is 210 Å². The quantitative estimate of drug-likeness (QED) is 0.160. The number of phenolic OH excluding ortho intramolecular Hbond substituents is 1. The molecule has 12 nitrogen and oxygen atoms in total. The molecule has 9 N–H and O–H groups in total. The minimum absolute atomic E-state index is 0.0234. The number of carboxylic acid groups (broad SMARTS) is 1. The van der Waals surface area contributed by atoms with Gasteiger partial charge in [-0.05, 0) is 56.8 Å². The largest absolute Gasteiger partial charge is 0.508 e. The van der Waals surface area contributed by atoms with Crippen LogP contribution in [0.3, 0.4) is 0 Å². The highest BCUT2D eigenvalue weighted by molar-refractivity contribution is 5.94. The lowest BCUT2D eigenvalue weighted by Gasteiger charge is -2.30. The van der Waals surface area contributed by atoms with Crippen LogP contribution in [0, 0.1) is 0 Å². The summed E-state index contributed by atoms with van der Waals surface area (Å²) in [6.45, 7) is 1.98. The van der Waals surface area contributed by atoms with E-state index < -0.39 is 54.0 Å². The number of unbranched alkanes of at least 4 members (excludes halogenated alkanes) is 1. The number of aliphatic carboxylic acids is 1. The minimum Gasteiger partial charge on any atom is -0.508 e. The van der Waals surface area contributed by atoms with Crippen molar-refractivity contribution in [1.82, 2.24) is 15.5 Å². The predicted molar refractivity (Wildman–Crippen MR) is 131 cm³/mol. The molecule has 1 aromatic rings. The van der Waals surface area contributed by atoms with E-state index in [1.807, 2.05) is 0 Å². The molecule has 12 heteroatoms. The van der Waals surface area contributed by atoms with E-state index >= 15 is 0 Å². The molecule has 1 aliphatic rings. The van der Waals surface area contributed by atoms with E-state index in [-0.39, 0.29) is 25.1 Å². The van der Waals surface area contributed by atoms with Crippen LogP contribution in [0.1, 0.15) is 44.6 Å². The van der Waals surface area contributed by atoms with Gasteiger partial charge in [0.2, 0.25) is 17.7 Å². The van der Waals surface area contributed by atoms with E-state index in [1.165, 1.54) is 19.1 Å². The Kier molecular flexibility index (Phi) is 11.1. The number of nitrogens with two attached hydrogens (primary N) is 2. The lowest BCUT2D eigenvalue weighted by atomic mass is 10.0. The second-order valence-electron chi connectivity index (χ2n) is 9.08. The SMILES string of the molecule is CC(O)C(NC(=O)C(Cc1ccc(O)cc1)NC(=O)C(N)CCCCN)C(=O)N1CCCC1C(=O)O. The van der Waals surface area contributed by atoms with Gasteiger partial charge in [0.15, 0.2) is 0 Å². The molecular formula is C24H37N5O7. The van der Waals surface area contributed by atoms with Crippen LogP contribution < -0.4 is 22.1 Å². The Hall–Kier alpha value is -3.22. The number of carbonyl (C=O) groups is 4. The maximum Gasteiger partial charge on any atom is 0.326 e. The first kappa shape index (κ1) is 29.0. The Morgan fingerprint density at radius 3 is 2.36 bits per heavy atom. The first-order chi connectivity index (χ1) is 17.0. The number of carbonyl (C=O) groups excluding carboxylic acids is 3. The fraction of sp³-hybridized carbons (Fsp3) is 0.583. The zero-order valence-corrected chi connectivity index (χ0v) is 20.4. The zero-order chi connectivity index (χ0) is 26.8. The summed E-state index contributed by atoms with van der Waals surface area (Å²) < 4.78 is 0. The fourth-order valence-electron chi connectivity index (χ4n) is 4.10. The summed E-state index contributed by atoms with van der Waals surface area (Å²) in [6, 6.07) is 1.58. The van der Waals surface area contributed by atoms with Gasteiger partial charge in [0.1, 0.15) is 23.9 Å². The van der Waals surface area contributed by atoms with Crippen molar-refractivity contribution in [3.8, 4) is 5.75 Å². The summed E-state index contributed by atoms with van der Waals surface area (Å²) in [5.41, 5.74) is 12.1. The smallest absolute Gasteiger partial charge is 0.326 e. The summed E-state index contributed by atoms with van der Waals surface area (Å²) in [5, 5.41) is 34.3. The van der Waals surface area contributed by atoms with Crippen LogP contribution in [0.5, 0.6) is 5.75 Å². The molecule has 36 heavy (non-hydrogen) atoms. The molecule has 0 radical (unpaired) electrons. The van der Waals surface area contributed by atoms with Crippen molar-refractivity contribution >= 4 is 23.7 Å². The lowest BCUT2D eigenvalue weighted by Crippen LogP contribution is -2.60. The molecule has 5 atom stereocenters. The number of likely N-dealkylation sites (tertiary alicyclic amines) is 1. The number of aromatic hydroxyl groups is 1. The number of rotatable bonds is 13. The van der Waals surface area contributed by atoms with E-state index in [2.05, 4.69) is 10.6 Å². The molecule has 0 bridgehead atoms. The molecule has 0 aliphatic carbocycles. The lowest BCUT2D eigenvalue weighted by molar-refractivity contribution is -0.150. The number of hydrogen-bond donors (Lipinski definition) is 7. The van der Waals surface area contributed by atoms with Crippen LogP contribution >= 0.6 is 0 Å². The van der Waals surface area contributed by atoms with Crippen LogP contribution in [0.4, 0.5) is 0 Å². The number of benzene rings is 1. The van der Waals surface area contributed by atoms with Crippen molar-refractivity contribution in [2.45, 2.75) is 75.7 Å². The van der Waals surface area contributed by atoms with Crippen molar-refractivity contribution in [1.29, 1.82) is 0 Å². The number of phenols is 1. The number of amides is 3. The molecule has 1 fully saturated rings. The molecule has 1 heterocycles. The second-order valence-corrected chi connectivity index (χ2v) is 9.08. The highest BCUT2D eigenvalue weighted by Crippen LogP contribution is 2.19. The Morgan fingerprint density at radius 1 is 1.11 bits per heavy atom. The van der Waals surface area contributed by atoms with Crippen molar-refractivity contribution in [2.24, 2.45) is 11.5 Å². The van der Waals surface area contributed by atoms with Crippen molar-refractivity contribution in [3.05, 3.63) is 29.8 Å². The topological polar surface area (TPSA) is 208 Å². The summed E-state index contributed by atoms with van der Waals surface area (Å²) in [6.07, 6.45) is 1.18.